The van der Waals surface area contributed by atoms with Crippen molar-refractivity contribution in [3.05, 3.63) is 96.5 Å². The van der Waals surface area contributed by atoms with Gasteiger partial charge in [0.25, 0.3) is 11.2 Å². The van der Waals surface area contributed by atoms with E-state index in [1.54, 1.807) is 36.4 Å². The zero-order chi connectivity index (χ0) is 27.4. The van der Waals surface area contributed by atoms with Gasteiger partial charge in [0, 0.05) is 28.1 Å². The van der Waals surface area contributed by atoms with Crippen molar-refractivity contribution in [2.45, 2.75) is 26.4 Å². The number of fused-ring (bicyclic) bond motifs is 1. The van der Waals surface area contributed by atoms with Crippen molar-refractivity contribution in [1.29, 1.82) is 0 Å². The lowest BCUT2D eigenvalue weighted by Gasteiger charge is -2.15. The molecule has 0 bridgehead atoms. The number of hydrogen-bond acceptors (Lipinski definition) is 8. The van der Waals surface area contributed by atoms with Crippen LogP contribution in [0.4, 0.5) is 5.69 Å². The first-order valence-corrected chi connectivity index (χ1v) is 12.4. The van der Waals surface area contributed by atoms with E-state index in [1.165, 1.54) is 37.2 Å². The molecule has 1 heterocycles. The minimum absolute atomic E-state index is 0.00142. The molecule has 0 N–H and O–H groups in total. The van der Waals surface area contributed by atoms with Crippen molar-refractivity contribution in [2.75, 3.05) is 14.2 Å². The maximum Gasteiger partial charge on any atom is 0.282 e. The number of non-ortho nitro benzene ring substituents is 1. The van der Waals surface area contributed by atoms with E-state index in [0.717, 1.165) is 10.0 Å². The average molecular weight is 581 g/mol. The minimum Gasteiger partial charge on any atom is -0.493 e. The Balaban J connectivity index is 1.67. The summed E-state index contributed by atoms with van der Waals surface area (Å²) >= 11 is 3.41. The average Bonchev–Trinajstić information content (AvgIpc) is 2.91. The summed E-state index contributed by atoms with van der Waals surface area (Å²) in [5.41, 5.74) is 1.67. The molecule has 0 saturated heterocycles. The van der Waals surface area contributed by atoms with Crippen LogP contribution in [-0.4, -0.2) is 35.0 Å². The van der Waals surface area contributed by atoms with Crippen molar-refractivity contribution in [2.24, 2.45) is 5.10 Å². The number of nitrogens with zero attached hydrogens (tertiary/aromatic N) is 4. The van der Waals surface area contributed by atoms with Gasteiger partial charge in [0.2, 0.25) is 5.75 Å². The Morgan fingerprint density at radius 1 is 1.08 bits per heavy atom. The summed E-state index contributed by atoms with van der Waals surface area (Å²) in [6.07, 6.45) is 1.53. The maximum atomic E-state index is 13.3. The number of aromatic nitrogens is 2. The van der Waals surface area contributed by atoms with E-state index in [2.05, 4.69) is 26.0 Å². The van der Waals surface area contributed by atoms with Gasteiger partial charge in [-0.1, -0.05) is 29.8 Å². The van der Waals surface area contributed by atoms with Gasteiger partial charge in [0.05, 0.1) is 36.3 Å². The quantitative estimate of drug-likeness (QED) is 0.142. The molecule has 1 aromatic heterocycles. The summed E-state index contributed by atoms with van der Waals surface area (Å²) in [5.74, 6) is 1.63. The lowest BCUT2D eigenvalue weighted by Crippen LogP contribution is -2.23. The summed E-state index contributed by atoms with van der Waals surface area (Å²) < 4.78 is 19.1. The first-order valence-electron chi connectivity index (χ1n) is 11.6. The molecule has 0 aliphatic heterocycles. The van der Waals surface area contributed by atoms with E-state index in [4.69, 9.17) is 14.2 Å². The highest BCUT2D eigenvalue weighted by Gasteiger charge is 2.16. The Bertz CT molecular complexity index is 1560. The van der Waals surface area contributed by atoms with Crippen LogP contribution in [0, 0.1) is 10.1 Å². The van der Waals surface area contributed by atoms with Gasteiger partial charge in [0.1, 0.15) is 12.4 Å². The topological polar surface area (TPSA) is 118 Å². The second kappa shape index (κ2) is 11.4. The van der Waals surface area contributed by atoms with E-state index in [1.807, 2.05) is 19.9 Å². The number of rotatable bonds is 9. The van der Waals surface area contributed by atoms with E-state index >= 15 is 0 Å². The molecule has 0 unspecified atom stereocenters. The molecular formula is C27H25BrN4O6. The molecule has 0 amide bonds. The van der Waals surface area contributed by atoms with Gasteiger partial charge in [-0.3, -0.25) is 14.9 Å². The predicted octanol–water partition coefficient (Wildman–Crippen LogP) is 5.67. The van der Waals surface area contributed by atoms with Crippen LogP contribution in [0.25, 0.3) is 10.9 Å². The lowest BCUT2D eigenvalue weighted by atomic mass is 10.2. The van der Waals surface area contributed by atoms with Gasteiger partial charge in [0.15, 0.2) is 11.5 Å². The molecule has 4 rings (SSSR count). The van der Waals surface area contributed by atoms with Crippen LogP contribution in [0.3, 0.4) is 0 Å². The highest BCUT2D eigenvalue weighted by Crippen LogP contribution is 2.39. The molecule has 0 fully saturated rings. The van der Waals surface area contributed by atoms with E-state index in [-0.39, 0.29) is 23.8 Å². The summed E-state index contributed by atoms with van der Waals surface area (Å²) in [5, 5.41) is 15.8. The molecule has 0 aliphatic carbocycles. The fraction of sp³-hybridized carbons (Fsp3) is 0.222. The largest absolute Gasteiger partial charge is 0.493 e. The van der Waals surface area contributed by atoms with Crippen LogP contribution < -0.4 is 19.8 Å². The number of hydrogen-bond donors (Lipinski definition) is 0. The molecule has 0 spiro atoms. The van der Waals surface area contributed by atoms with Crippen molar-refractivity contribution >= 4 is 38.7 Å². The summed E-state index contributed by atoms with van der Waals surface area (Å²) in [4.78, 5) is 28.4. The van der Waals surface area contributed by atoms with Crippen LogP contribution in [0.5, 0.6) is 17.2 Å². The number of methoxy groups -OCH3 is 2. The monoisotopic (exact) mass is 580 g/mol. The molecule has 10 nitrogen and oxygen atoms in total. The maximum absolute atomic E-state index is 13.3. The van der Waals surface area contributed by atoms with Gasteiger partial charge < -0.3 is 14.2 Å². The standard InChI is InChI=1S/C27H25BrN4O6/c1-16(2)26-30-22-10-7-19(28)13-21(22)27(33)31(26)29-14-18-11-23(36-3)25(24(12-18)37-4)38-15-17-5-8-20(9-6-17)32(34)35/h5-14,16H,15H2,1-4H3. The third kappa shape index (κ3) is 5.67. The number of ether oxygens (including phenoxy) is 3. The van der Waals surface area contributed by atoms with E-state index < -0.39 is 4.92 Å². The van der Waals surface area contributed by atoms with Crippen LogP contribution in [0.15, 0.2) is 69.0 Å². The fourth-order valence-corrected chi connectivity index (χ4v) is 4.12. The van der Waals surface area contributed by atoms with E-state index in [0.29, 0.717) is 39.5 Å². The van der Waals surface area contributed by atoms with Crippen molar-refractivity contribution in [3.8, 4) is 17.2 Å². The van der Waals surface area contributed by atoms with Crippen molar-refractivity contribution in [3.63, 3.8) is 0 Å². The minimum atomic E-state index is -0.456. The number of nitro groups is 1. The molecular weight excluding hydrogens is 556 g/mol. The predicted molar refractivity (Wildman–Crippen MR) is 148 cm³/mol. The van der Waals surface area contributed by atoms with Crippen LogP contribution in [-0.2, 0) is 6.61 Å². The first-order chi connectivity index (χ1) is 18.2. The Kier molecular flexibility index (Phi) is 8.06. The molecule has 196 valence electrons. The zero-order valence-corrected chi connectivity index (χ0v) is 22.8. The second-order valence-electron chi connectivity index (χ2n) is 8.61. The highest BCUT2D eigenvalue weighted by molar-refractivity contribution is 9.10. The van der Waals surface area contributed by atoms with Crippen molar-refractivity contribution < 1.29 is 19.1 Å². The molecule has 4 aromatic rings. The summed E-state index contributed by atoms with van der Waals surface area (Å²) in [7, 11) is 3.00. The Labute approximate surface area is 226 Å². The van der Waals surface area contributed by atoms with Crippen LogP contribution in [0.1, 0.15) is 36.7 Å². The Morgan fingerprint density at radius 2 is 1.74 bits per heavy atom. The first kappa shape index (κ1) is 26.8. The number of halogens is 1. The normalized spacial score (nSPS) is 11.3. The van der Waals surface area contributed by atoms with Crippen LogP contribution in [0.2, 0.25) is 0 Å². The van der Waals surface area contributed by atoms with Gasteiger partial charge >= 0.3 is 0 Å². The van der Waals surface area contributed by atoms with Crippen LogP contribution >= 0.6 is 15.9 Å². The molecule has 11 heteroatoms. The lowest BCUT2D eigenvalue weighted by molar-refractivity contribution is -0.384. The van der Waals surface area contributed by atoms with Gasteiger partial charge in [-0.15, -0.1) is 0 Å². The second-order valence-corrected chi connectivity index (χ2v) is 9.53. The number of benzene rings is 3. The zero-order valence-electron chi connectivity index (χ0n) is 21.2. The third-order valence-electron chi connectivity index (χ3n) is 5.69. The third-order valence-corrected chi connectivity index (χ3v) is 6.18. The van der Waals surface area contributed by atoms with Gasteiger partial charge in [-0.05, 0) is 48.0 Å². The van der Waals surface area contributed by atoms with Gasteiger partial charge in [-0.25, -0.2) is 4.98 Å². The fourth-order valence-electron chi connectivity index (χ4n) is 3.76. The molecule has 0 saturated carbocycles. The number of nitro benzene ring substituents is 1. The summed E-state index contributed by atoms with van der Waals surface area (Å²) in [6.45, 7) is 4.03. The van der Waals surface area contributed by atoms with E-state index in [9.17, 15) is 14.9 Å². The molecule has 0 aliphatic rings. The van der Waals surface area contributed by atoms with Gasteiger partial charge in [-0.2, -0.15) is 9.78 Å². The Hall–Kier alpha value is -4.25. The smallest absolute Gasteiger partial charge is 0.282 e. The molecule has 0 atom stereocenters. The van der Waals surface area contributed by atoms with Crippen molar-refractivity contribution in [1.82, 2.24) is 9.66 Å². The molecule has 3 aromatic carbocycles. The SMILES string of the molecule is COc1cc(C=Nn2c(C(C)C)nc3ccc(Br)cc3c2=O)cc(OC)c1OCc1ccc([N+](=O)[O-])cc1. The Morgan fingerprint density at radius 3 is 2.32 bits per heavy atom. The highest BCUT2D eigenvalue weighted by atomic mass is 79.9. The molecule has 38 heavy (non-hydrogen) atoms. The molecule has 0 radical (unpaired) electrons. The summed E-state index contributed by atoms with van der Waals surface area (Å²) in [6, 6.07) is 14.9.